The smallest absolute Gasteiger partial charge is 0.289 e. The van der Waals surface area contributed by atoms with E-state index in [9.17, 15) is 4.79 Å². The highest BCUT2D eigenvalue weighted by molar-refractivity contribution is 5.99. The third kappa shape index (κ3) is 3.36. The molecule has 0 saturated carbocycles. The summed E-state index contributed by atoms with van der Waals surface area (Å²) in [7, 11) is 3.33. The molecule has 6 nitrogen and oxygen atoms in total. The molecule has 4 rings (SSSR count). The Kier molecular flexibility index (Phi) is 4.73. The summed E-state index contributed by atoms with van der Waals surface area (Å²) < 4.78 is 22.8. The second-order valence-corrected chi connectivity index (χ2v) is 6.52. The lowest BCUT2D eigenvalue weighted by Gasteiger charge is -2.29. The molecule has 1 aliphatic heterocycles. The van der Waals surface area contributed by atoms with Gasteiger partial charge in [-0.2, -0.15) is 0 Å². The van der Waals surface area contributed by atoms with Gasteiger partial charge in [0, 0.05) is 25.1 Å². The van der Waals surface area contributed by atoms with E-state index in [-0.39, 0.29) is 12.0 Å². The monoisotopic (exact) mass is 367 g/mol. The molecule has 0 fully saturated rings. The predicted molar refractivity (Wildman–Crippen MR) is 100 cm³/mol. The highest BCUT2D eigenvalue weighted by atomic mass is 16.6. The molecule has 1 atom stereocenters. The molecule has 0 bridgehead atoms. The largest absolute Gasteiger partial charge is 0.486 e. The number of fused-ring (bicyclic) bond motifs is 2. The number of rotatable bonds is 5. The van der Waals surface area contributed by atoms with Gasteiger partial charge in [0.2, 0.25) is 0 Å². The number of carbonyl (C=O) groups is 1. The number of hydrogen-bond acceptors (Lipinski definition) is 5. The Morgan fingerprint density at radius 2 is 1.89 bits per heavy atom. The van der Waals surface area contributed by atoms with Gasteiger partial charge in [-0.15, -0.1) is 0 Å². The molecule has 0 saturated heterocycles. The summed E-state index contributed by atoms with van der Waals surface area (Å²) in [4.78, 5) is 14.6. The van der Waals surface area contributed by atoms with Gasteiger partial charge in [-0.25, -0.2) is 0 Å². The van der Waals surface area contributed by atoms with Crippen LogP contribution in [0.4, 0.5) is 0 Å². The minimum absolute atomic E-state index is 0.208. The zero-order valence-electron chi connectivity index (χ0n) is 15.3. The third-order valence-electron chi connectivity index (χ3n) is 4.57. The van der Waals surface area contributed by atoms with Gasteiger partial charge < -0.3 is 23.5 Å². The fourth-order valence-electron chi connectivity index (χ4n) is 3.27. The number of methoxy groups -OCH3 is 1. The molecule has 3 aromatic rings. The summed E-state index contributed by atoms with van der Waals surface area (Å²) >= 11 is 0. The van der Waals surface area contributed by atoms with Gasteiger partial charge in [0.25, 0.3) is 5.91 Å². The van der Waals surface area contributed by atoms with Crippen LogP contribution in [0.2, 0.25) is 0 Å². The van der Waals surface area contributed by atoms with Crippen LogP contribution in [0.5, 0.6) is 11.5 Å². The van der Waals surface area contributed by atoms with Gasteiger partial charge in [-0.3, -0.25) is 4.79 Å². The molecule has 2 heterocycles. The van der Waals surface area contributed by atoms with Gasteiger partial charge in [-0.1, -0.05) is 30.3 Å². The van der Waals surface area contributed by atoms with Crippen molar-refractivity contribution in [3.63, 3.8) is 0 Å². The van der Waals surface area contributed by atoms with Gasteiger partial charge in [0.15, 0.2) is 23.4 Å². The summed E-state index contributed by atoms with van der Waals surface area (Å²) in [6.45, 7) is 1.08. The Morgan fingerprint density at radius 3 is 2.70 bits per heavy atom. The number of likely N-dealkylation sites (N-methyl/N-ethyl adjacent to an activating group) is 1. The van der Waals surface area contributed by atoms with Crippen molar-refractivity contribution in [3.8, 4) is 11.5 Å². The lowest BCUT2D eigenvalue weighted by atomic mass is 10.1. The molecule has 0 N–H and O–H groups in total. The molecule has 1 aromatic heterocycles. The first-order valence-electron chi connectivity index (χ1n) is 8.80. The second kappa shape index (κ2) is 7.32. The van der Waals surface area contributed by atoms with Crippen molar-refractivity contribution in [1.29, 1.82) is 0 Å². The molecule has 1 aliphatic rings. The first-order chi connectivity index (χ1) is 13.2. The van der Waals surface area contributed by atoms with Crippen LogP contribution in [0.15, 0.2) is 52.9 Å². The average molecular weight is 367 g/mol. The Balaban J connectivity index is 1.53. The highest BCUT2D eigenvalue weighted by Gasteiger charge is 2.27. The van der Waals surface area contributed by atoms with Crippen LogP contribution in [0.3, 0.4) is 0 Å². The van der Waals surface area contributed by atoms with Crippen LogP contribution in [0, 0.1) is 0 Å². The molecule has 1 amide bonds. The normalized spacial score (nSPS) is 15.7. The standard InChI is InChI=1S/C21H21NO5/c1-22(11-14-12-25-18-9-5-6-10-19(18)26-14)21(23)20-16(13-24-2)15-7-3-4-8-17(15)27-20/h3-10,14H,11-13H2,1-2H3. The van der Waals surface area contributed by atoms with Gasteiger partial charge >= 0.3 is 0 Å². The topological polar surface area (TPSA) is 61.1 Å². The Hall–Kier alpha value is -2.99. The van der Waals surface area contributed by atoms with Crippen molar-refractivity contribution in [2.45, 2.75) is 12.7 Å². The SMILES string of the molecule is COCc1c(C(=O)N(C)CC2COc3ccccc3O2)oc2ccccc12. The number of carbonyl (C=O) groups excluding carboxylic acids is 1. The van der Waals surface area contributed by atoms with Crippen molar-refractivity contribution in [2.24, 2.45) is 0 Å². The van der Waals surface area contributed by atoms with E-state index in [2.05, 4.69) is 0 Å². The number of para-hydroxylation sites is 3. The molecule has 0 radical (unpaired) electrons. The van der Waals surface area contributed by atoms with Gasteiger partial charge in [-0.05, 0) is 18.2 Å². The second-order valence-electron chi connectivity index (χ2n) is 6.52. The lowest BCUT2D eigenvalue weighted by molar-refractivity contribution is 0.0500. The number of amides is 1. The van der Waals surface area contributed by atoms with Crippen LogP contribution in [-0.2, 0) is 11.3 Å². The Labute approximate surface area is 157 Å². The van der Waals surface area contributed by atoms with Gasteiger partial charge in [0.05, 0.1) is 13.2 Å². The van der Waals surface area contributed by atoms with Crippen molar-refractivity contribution < 1.29 is 23.4 Å². The number of hydrogen-bond donors (Lipinski definition) is 0. The van der Waals surface area contributed by atoms with Gasteiger partial charge in [0.1, 0.15) is 12.2 Å². The maximum atomic E-state index is 13.0. The molecule has 6 heteroatoms. The number of nitrogens with zero attached hydrogens (tertiary/aromatic N) is 1. The van der Waals surface area contributed by atoms with Crippen molar-refractivity contribution in [3.05, 3.63) is 59.9 Å². The van der Waals surface area contributed by atoms with Crippen LogP contribution in [0.1, 0.15) is 16.1 Å². The zero-order chi connectivity index (χ0) is 18.8. The summed E-state index contributed by atoms with van der Waals surface area (Å²) in [6.07, 6.45) is -0.246. The molecule has 0 aliphatic carbocycles. The minimum atomic E-state index is -0.246. The van der Waals surface area contributed by atoms with E-state index in [4.69, 9.17) is 18.6 Å². The molecule has 1 unspecified atom stereocenters. The predicted octanol–water partition coefficient (Wildman–Crippen LogP) is 3.49. The average Bonchev–Trinajstić information content (AvgIpc) is 3.06. The molecule has 27 heavy (non-hydrogen) atoms. The minimum Gasteiger partial charge on any atom is -0.486 e. The number of ether oxygens (including phenoxy) is 3. The van der Waals surface area contributed by atoms with E-state index in [0.717, 1.165) is 16.7 Å². The van der Waals surface area contributed by atoms with Crippen molar-refractivity contribution in [1.82, 2.24) is 4.90 Å². The van der Waals surface area contributed by atoms with Crippen LogP contribution in [0.25, 0.3) is 11.0 Å². The van der Waals surface area contributed by atoms with Crippen molar-refractivity contribution in [2.75, 3.05) is 27.3 Å². The third-order valence-corrected chi connectivity index (χ3v) is 4.57. The number of benzene rings is 2. The summed E-state index contributed by atoms with van der Waals surface area (Å²) in [5, 5.41) is 0.891. The van der Waals surface area contributed by atoms with E-state index >= 15 is 0 Å². The zero-order valence-corrected chi connectivity index (χ0v) is 15.3. The van der Waals surface area contributed by atoms with Crippen LogP contribution >= 0.6 is 0 Å². The van der Waals surface area contributed by atoms with E-state index < -0.39 is 0 Å². The molecular formula is C21H21NO5. The highest BCUT2D eigenvalue weighted by Crippen LogP contribution is 2.31. The molecular weight excluding hydrogens is 346 g/mol. The maximum Gasteiger partial charge on any atom is 0.289 e. The summed E-state index contributed by atoms with van der Waals surface area (Å²) in [6, 6.07) is 15.1. The van der Waals surface area contributed by atoms with Crippen LogP contribution in [-0.4, -0.2) is 44.2 Å². The van der Waals surface area contributed by atoms with E-state index in [1.54, 1.807) is 19.1 Å². The Morgan fingerprint density at radius 1 is 1.15 bits per heavy atom. The number of furan rings is 1. The molecule has 140 valence electrons. The lowest BCUT2D eigenvalue weighted by Crippen LogP contribution is -2.41. The molecule has 2 aromatic carbocycles. The van der Waals surface area contributed by atoms with E-state index in [0.29, 0.717) is 36.9 Å². The Bertz CT molecular complexity index is 964. The first kappa shape index (κ1) is 17.4. The fourth-order valence-corrected chi connectivity index (χ4v) is 3.27. The van der Waals surface area contributed by atoms with E-state index in [1.165, 1.54) is 0 Å². The quantitative estimate of drug-likeness (QED) is 0.691. The van der Waals surface area contributed by atoms with E-state index in [1.807, 2.05) is 48.5 Å². The molecule has 0 spiro atoms. The van der Waals surface area contributed by atoms with Crippen LogP contribution < -0.4 is 9.47 Å². The first-order valence-corrected chi connectivity index (χ1v) is 8.80. The fraction of sp³-hybridized carbons (Fsp3) is 0.286. The maximum absolute atomic E-state index is 13.0. The summed E-state index contributed by atoms with van der Waals surface area (Å²) in [5.41, 5.74) is 1.43. The van der Waals surface area contributed by atoms with Crippen molar-refractivity contribution >= 4 is 16.9 Å². The summed E-state index contributed by atoms with van der Waals surface area (Å²) in [5.74, 6) is 1.51.